The predicted molar refractivity (Wildman–Crippen MR) is 98.8 cm³/mol. The molecule has 128 valence electrons. The highest BCUT2D eigenvalue weighted by atomic mass is 127. The average Bonchev–Trinajstić information content (AvgIpc) is 3.11. The molecule has 0 spiro atoms. The first-order valence-electron chi connectivity index (χ1n) is 7.90. The SMILES string of the molecule is CCNC(=NCC1CC1)NC1CN(C(=O)OC(C)(C)C)C1.I. The van der Waals surface area contributed by atoms with Gasteiger partial charge in [0.2, 0.25) is 0 Å². The number of guanidine groups is 1. The summed E-state index contributed by atoms with van der Waals surface area (Å²) in [5.74, 6) is 1.64. The molecule has 1 aliphatic carbocycles. The second-order valence-electron chi connectivity index (χ2n) is 6.89. The van der Waals surface area contributed by atoms with Crippen molar-refractivity contribution in [2.24, 2.45) is 10.9 Å². The van der Waals surface area contributed by atoms with Gasteiger partial charge in [0.15, 0.2) is 5.96 Å². The quantitative estimate of drug-likeness (QED) is 0.413. The van der Waals surface area contributed by atoms with Crippen LogP contribution in [0.1, 0.15) is 40.5 Å². The Bertz CT molecular complexity index is 399. The topological polar surface area (TPSA) is 66.0 Å². The first kappa shape index (κ1) is 19.3. The summed E-state index contributed by atoms with van der Waals surface area (Å²) >= 11 is 0. The minimum absolute atomic E-state index is 0. The van der Waals surface area contributed by atoms with E-state index in [1.54, 1.807) is 4.90 Å². The van der Waals surface area contributed by atoms with E-state index < -0.39 is 5.60 Å². The lowest BCUT2D eigenvalue weighted by Gasteiger charge is -2.40. The van der Waals surface area contributed by atoms with E-state index in [-0.39, 0.29) is 36.1 Å². The largest absolute Gasteiger partial charge is 0.444 e. The van der Waals surface area contributed by atoms with Crippen LogP contribution in [0.5, 0.6) is 0 Å². The zero-order chi connectivity index (χ0) is 15.5. The lowest BCUT2D eigenvalue weighted by molar-refractivity contribution is 0.00701. The summed E-state index contributed by atoms with van der Waals surface area (Å²) in [7, 11) is 0. The third-order valence-electron chi connectivity index (χ3n) is 3.42. The molecule has 0 radical (unpaired) electrons. The monoisotopic (exact) mass is 424 g/mol. The third kappa shape index (κ3) is 6.58. The Labute approximate surface area is 150 Å². The van der Waals surface area contributed by atoms with Gasteiger partial charge in [-0.05, 0) is 46.5 Å². The molecular formula is C15H29IN4O2. The fraction of sp³-hybridized carbons (Fsp3) is 0.867. The number of ether oxygens (including phenoxy) is 1. The normalized spacial score (nSPS) is 19.1. The van der Waals surface area contributed by atoms with E-state index in [1.807, 2.05) is 20.8 Å². The maximum atomic E-state index is 11.9. The minimum atomic E-state index is -0.434. The highest BCUT2D eigenvalue weighted by molar-refractivity contribution is 14.0. The lowest BCUT2D eigenvalue weighted by Crippen LogP contribution is -2.63. The van der Waals surface area contributed by atoms with Gasteiger partial charge in [0.05, 0.1) is 6.04 Å². The molecule has 1 aliphatic heterocycles. The van der Waals surface area contributed by atoms with Gasteiger partial charge >= 0.3 is 6.09 Å². The summed E-state index contributed by atoms with van der Waals surface area (Å²) in [6.45, 7) is 10.8. The second-order valence-corrected chi connectivity index (χ2v) is 6.89. The Morgan fingerprint density at radius 2 is 1.95 bits per heavy atom. The van der Waals surface area contributed by atoms with Gasteiger partial charge in [-0.3, -0.25) is 4.99 Å². The predicted octanol–water partition coefficient (Wildman–Crippen LogP) is 2.19. The van der Waals surface area contributed by atoms with Crippen molar-refractivity contribution in [2.45, 2.75) is 52.2 Å². The van der Waals surface area contributed by atoms with E-state index in [2.05, 4.69) is 22.5 Å². The van der Waals surface area contributed by atoms with Gasteiger partial charge in [0.25, 0.3) is 0 Å². The number of rotatable bonds is 4. The smallest absolute Gasteiger partial charge is 0.410 e. The van der Waals surface area contributed by atoms with Crippen LogP contribution >= 0.6 is 24.0 Å². The van der Waals surface area contributed by atoms with E-state index in [0.29, 0.717) is 13.1 Å². The van der Waals surface area contributed by atoms with Gasteiger partial charge in [-0.15, -0.1) is 24.0 Å². The number of nitrogens with one attached hydrogen (secondary N) is 2. The molecule has 0 aromatic heterocycles. The molecule has 0 atom stereocenters. The molecule has 1 saturated carbocycles. The molecule has 2 fully saturated rings. The van der Waals surface area contributed by atoms with Crippen LogP contribution in [0.25, 0.3) is 0 Å². The van der Waals surface area contributed by atoms with Crippen molar-refractivity contribution in [1.82, 2.24) is 15.5 Å². The Morgan fingerprint density at radius 3 is 2.45 bits per heavy atom. The Morgan fingerprint density at radius 1 is 1.32 bits per heavy atom. The van der Waals surface area contributed by atoms with Gasteiger partial charge in [-0.2, -0.15) is 0 Å². The number of aliphatic imine (C=N–C) groups is 1. The molecular weight excluding hydrogens is 395 g/mol. The van der Waals surface area contributed by atoms with Crippen LogP contribution in [-0.2, 0) is 4.74 Å². The Kier molecular flexibility index (Phi) is 7.21. The fourth-order valence-corrected chi connectivity index (χ4v) is 2.08. The first-order valence-corrected chi connectivity index (χ1v) is 7.90. The van der Waals surface area contributed by atoms with Crippen molar-refractivity contribution in [2.75, 3.05) is 26.2 Å². The number of hydrogen-bond donors (Lipinski definition) is 2. The molecule has 1 heterocycles. The van der Waals surface area contributed by atoms with Crippen molar-refractivity contribution in [3.05, 3.63) is 0 Å². The van der Waals surface area contributed by atoms with E-state index in [9.17, 15) is 4.79 Å². The summed E-state index contributed by atoms with van der Waals surface area (Å²) in [6.07, 6.45) is 2.37. The van der Waals surface area contributed by atoms with Gasteiger partial charge < -0.3 is 20.3 Å². The van der Waals surface area contributed by atoms with Crippen LogP contribution in [0.4, 0.5) is 4.79 Å². The molecule has 1 amide bonds. The molecule has 0 aromatic carbocycles. The van der Waals surface area contributed by atoms with Gasteiger partial charge in [-0.25, -0.2) is 4.79 Å². The van der Waals surface area contributed by atoms with Gasteiger partial charge in [0.1, 0.15) is 5.60 Å². The summed E-state index contributed by atoms with van der Waals surface area (Å²) in [4.78, 5) is 18.2. The number of hydrogen-bond acceptors (Lipinski definition) is 3. The number of nitrogens with zero attached hydrogens (tertiary/aromatic N) is 2. The van der Waals surface area contributed by atoms with E-state index in [4.69, 9.17) is 4.74 Å². The van der Waals surface area contributed by atoms with Crippen LogP contribution in [0, 0.1) is 5.92 Å². The van der Waals surface area contributed by atoms with Crippen LogP contribution in [0.2, 0.25) is 0 Å². The van der Waals surface area contributed by atoms with Crippen molar-refractivity contribution in [3.63, 3.8) is 0 Å². The second kappa shape index (κ2) is 8.21. The maximum absolute atomic E-state index is 11.9. The van der Waals surface area contributed by atoms with Crippen LogP contribution < -0.4 is 10.6 Å². The van der Waals surface area contributed by atoms with E-state index in [1.165, 1.54) is 12.8 Å². The Balaban J connectivity index is 0.00000242. The molecule has 7 heteroatoms. The van der Waals surface area contributed by atoms with Crippen molar-refractivity contribution < 1.29 is 9.53 Å². The number of carbonyl (C=O) groups is 1. The van der Waals surface area contributed by atoms with Crippen molar-refractivity contribution >= 4 is 36.0 Å². The number of amides is 1. The molecule has 1 saturated heterocycles. The zero-order valence-corrected chi connectivity index (χ0v) is 16.3. The molecule has 2 N–H and O–H groups in total. The maximum Gasteiger partial charge on any atom is 0.410 e. The number of carbonyl (C=O) groups excluding carboxylic acids is 1. The molecule has 0 aromatic rings. The number of halogens is 1. The van der Waals surface area contributed by atoms with E-state index in [0.717, 1.165) is 25.0 Å². The van der Waals surface area contributed by atoms with Crippen LogP contribution in [0.3, 0.4) is 0 Å². The highest BCUT2D eigenvalue weighted by Gasteiger charge is 2.34. The molecule has 2 aliphatic rings. The van der Waals surface area contributed by atoms with Gasteiger partial charge in [-0.1, -0.05) is 0 Å². The van der Waals surface area contributed by atoms with Gasteiger partial charge in [0, 0.05) is 26.2 Å². The molecule has 22 heavy (non-hydrogen) atoms. The summed E-state index contributed by atoms with van der Waals surface area (Å²) in [6, 6.07) is 0.259. The van der Waals surface area contributed by atoms with Crippen molar-refractivity contribution in [3.8, 4) is 0 Å². The standard InChI is InChI=1S/C15H28N4O2.HI/c1-5-16-13(17-8-11-6-7-11)18-12-9-19(10-12)14(20)21-15(2,3)4;/h11-12H,5-10H2,1-4H3,(H2,16,17,18);1H. The number of likely N-dealkylation sites (tertiary alicyclic amines) is 1. The molecule has 0 unspecified atom stereocenters. The van der Waals surface area contributed by atoms with Crippen LogP contribution in [0.15, 0.2) is 4.99 Å². The lowest BCUT2D eigenvalue weighted by atomic mass is 10.1. The Hall–Kier alpha value is -0.730. The van der Waals surface area contributed by atoms with Crippen molar-refractivity contribution in [1.29, 1.82) is 0 Å². The molecule has 0 bridgehead atoms. The average molecular weight is 424 g/mol. The summed E-state index contributed by atoms with van der Waals surface area (Å²) in [5.41, 5.74) is -0.434. The minimum Gasteiger partial charge on any atom is -0.444 e. The molecule has 6 nitrogen and oxygen atoms in total. The highest BCUT2D eigenvalue weighted by Crippen LogP contribution is 2.28. The molecule has 2 rings (SSSR count). The van der Waals surface area contributed by atoms with E-state index >= 15 is 0 Å². The summed E-state index contributed by atoms with van der Waals surface area (Å²) in [5, 5.41) is 6.63. The third-order valence-corrected chi connectivity index (χ3v) is 3.42. The fourth-order valence-electron chi connectivity index (χ4n) is 2.08. The first-order chi connectivity index (χ1) is 9.87. The summed E-state index contributed by atoms with van der Waals surface area (Å²) < 4.78 is 5.34. The zero-order valence-electron chi connectivity index (χ0n) is 14.0. The van der Waals surface area contributed by atoms with Crippen LogP contribution in [-0.4, -0.2) is 54.8 Å².